The number of hydrogen-bond acceptors (Lipinski definition) is 1. The lowest BCUT2D eigenvalue weighted by atomic mass is 9.46. The van der Waals surface area contributed by atoms with Crippen molar-refractivity contribution in [1.29, 1.82) is 0 Å². The van der Waals surface area contributed by atoms with Gasteiger partial charge in [-0.25, -0.2) is 0 Å². The van der Waals surface area contributed by atoms with Crippen molar-refractivity contribution in [2.45, 2.75) is 80.1 Å². The minimum atomic E-state index is 0.493. The number of rotatable bonds is 6. The van der Waals surface area contributed by atoms with Crippen LogP contribution in [0.1, 0.15) is 80.1 Å². The van der Waals surface area contributed by atoms with E-state index in [-0.39, 0.29) is 0 Å². The molecule has 0 bridgehead atoms. The molecule has 0 aromatic rings. The van der Waals surface area contributed by atoms with Crippen molar-refractivity contribution in [2.24, 2.45) is 28.6 Å². The molecule has 0 aromatic heterocycles. The monoisotopic (exact) mass is 284 g/mol. The van der Waals surface area contributed by atoms with E-state index in [1.807, 2.05) is 0 Å². The van der Waals surface area contributed by atoms with E-state index in [9.17, 15) is 0 Å². The summed E-state index contributed by atoms with van der Waals surface area (Å²) in [6.07, 6.45) is 8.14. The highest BCUT2D eigenvalue weighted by Crippen LogP contribution is 2.60. The molecule has 1 rings (SSSR count). The predicted molar refractivity (Wildman–Crippen MR) is 90.9 cm³/mol. The third-order valence-electron chi connectivity index (χ3n) is 6.67. The molecule has 0 amide bonds. The maximum Gasteiger partial charge on any atom is -0.00951 e. The van der Waals surface area contributed by atoms with Gasteiger partial charge in [0.1, 0.15) is 0 Å². The summed E-state index contributed by atoms with van der Waals surface area (Å²) in [6.45, 7) is 14.9. The molecule has 0 nitrogen and oxygen atoms in total. The van der Waals surface area contributed by atoms with Gasteiger partial charge in [-0.05, 0) is 60.0 Å². The first-order chi connectivity index (χ1) is 8.85. The Labute approximate surface area is 127 Å². The summed E-state index contributed by atoms with van der Waals surface area (Å²) in [5.74, 6) is 3.65. The predicted octanol–water partition coefficient (Wildman–Crippen LogP) is 6.21. The molecular formula is C18H36S. The zero-order valence-electron chi connectivity index (χ0n) is 14.1. The fraction of sp³-hybridized carbons (Fsp3) is 1.00. The quantitative estimate of drug-likeness (QED) is 0.551. The second kappa shape index (κ2) is 6.87. The molecule has 0 aliphatic heterocycles. The molecular weight excluding hydrogens is 248 g/mol. The van der Waals surface area contributed by atoms with Crippen LogP contribution in [0.3, 0.4) is 0 Å². The first-order valence-electron chi connectivity index (χ1n) is 8.46. The third-order valence-corrected chi connectivity index (χ3v) is 6.93. The van der Waals surface area contributed by atoms with Crippen LogP contribution in [0.2, 0.25) is 0 Å². The van der Waals surface area contributed by atoms with E-state index < -0.39 is 0 Å². The van der Waals surface area contributed by atoms with E-state index >= 15 is 0 Å². The Balaban J connectivity index is 3.12. The van der Waals surface area contributed by atoms with Crippen LogP contribution in [-0.4, -0.2) is 5.75 Å². The average molecular weight is 285 g/mol. The molecule has 1 aliphatic rings. The minimum Gasteiger partial charge on any atom is -0.179 e. The molecule has 0 spiro atoms. The molecule has 1 aliphatic carbocycles. The lowest BCUT2D eigenvalue weighted by Crippen LogP contribution is -2.51. The van der Waals surface area contributed by atoms with Crippen molar-refractivity contribution in [3.8, 4) is 0 Å². The third kappa shape index (κ3) is 3.17. The van der Waals surface area contributed by atoms with Gasteiger partial charge in [-0.3, -0.25) is 0 Å². The van der Waals surface area contributed by atoms with E-state index in [0.717, 1.165) is 23.5 Å². The van der Waals surface area contributed by atoms with Crippen molar-refractivity contribution >= 4 is 12.6 Å². The van der Waals surface area contributed by atoms with Crippen molar-refractivity contribution in [3.05, 3.63) is 0 Å². The van der Waals surface area contributed by atoms with Crippen molar-refractivity contribution in [3.63, 3.8) is 0 Å². The van der Waals surface area contributed by atoms with E-state index in [1.165, 1.54) is 38.5 Å². The highest BCUT2D eigenvalue weighted by molar-refractivity contribution is 7.80. The van der Waals surface area contributed by atoms with Gasteiger partial charge >= 0.3 is 0 Å². The molecule has 1 heteroatoms. The molecule has 0 heterocycles. The van der Waals surface area contributed by atoms with Gasteiger partial charge in [-0.2, -0.15) is 12.6 Å². The zero-order chi connectivity index (χ0) is 14.7. The molecule has 0 saturated heterocycles. The van der Waals surface area contributed by atoms with E-state index in [0.29, 0.717) is 10.8 Å². The first-order valence-corrected chi connectivity index (χ1v) is 9.09. The van der Waals surface area contributed by atoms with Crippen molar-refractivity contribution in [1.82, 2.24) is 0 Å². The Morgan fingerprint density at radius 1 is 1.21 bits per heavy atom. The topological polar surface area (TPSA) is 0 Å². The largest absolute Gasteiger partial charge is 0.179 e. The van der Waals surface area contributed by atoms with Crippen LogP contribution in [0, 0.1) is 28.6 Å². The van der Waals surface area contributed by atoms with E-state index in [2.05, 4.69) is 54.2 Å². The Bertz CT molecular complexity index is 275. The summed E-state index contributed by atoms with van der Waals surface area (Å²) in [6, 6.07) is 0. The SMILES string of the molecule is CCCC(C)(CC)C1(C)C(C)CC(C)CC1CCS. The number of hydrogen-bond donors (Lipinski definition) is 1. The van der Waals surface area contributed by atoms with E-state index in [4.69, 9.17) is 0 Å². The van der Waals surface area contributed by atoms with Gasteiger partial charge in [-0.15, -0.1) is 0 Å². The van der Waals surface area contributed by atoms with Gasteiger partial charge in [-0.1, -0.05) is 54.4 Å². The molecule has 0 radical (unpaired) electrons. The highest BCUT2D eigenvalue weighted by atomic mass is 32.1. The number of thiol groups is 1. The molecule has 5 unspecified atom stereocenters. The van der Waals surface area contributed by atoms with Gasteiger partial charge in [0.15, 0.2) is 0 Å². The molecule has 5 atom stereocenters. The van der Waals surface area contributed by atoms with Crippen LogP contribution < -0.4 is 0 Å². The van der Waals surface area contributed by atoms with Crippen molar-refractivity contribution in [2.75, 3.05) is 5.75 Å². The Morgan fingerprint density at radius 3 is 2.32 bits per heavy atom. The fourth-order valence-electron chi connectivity index (χ4n) is 5.12. The van der Waals surface area contributed by atoms with Crippen LogP contribution in [0.15, 0.2) is 0 Å². The Morgan fingerprint density at radius 2 is 1.84 bits per heavy atom. The standard InChI is InChI=1S/C18H36S/c1-7-10-17(5,8-2)18(6)15(4)12-14(3)13-16(18)9-11-19/h14-16,19H,7-13H2,1-6H3. The lowest BCUT2D eigenvalue weighted by Gasteiger charge is -2.58. The van der Waals surface area contributed by atoms with Gasteiger partial charge in [0.2, 0.25) is 0 Å². The second-order valence-electron chi connectivity index (χ2n) is 7.63. The van der Waals surface area contributed by atoms with Gasteiger partial charge in [0, 0.05) is 0 Å². The Hall–Kier alpha value is 0.350. The lowest BCUT2D eigenvalue weighted by molar-refractivity contribution is -0.0928. The summed E-state index contributed by atoms with van der Waals surface area (Å²) < 4.78 is 0. The molecule has 0 aromatic carbocycles. The Kier molecular flexibility index (Phi) is 6.29. The summed E-state index contributed by atoms with van der Waals surface area (Å²) in [5, 5.41) is 0. The molecule has 114 valence electrons. The maximum atomic E-state index is 4.55. The van der Waals surface area contributed by atoms with Crippen LogP contribution in [0.5, 0.6) is 0 Å². The van der Waals surface area contributed by atoms with Crippen LogP contribution in [0.4, 0.5) is 0 Å². The summed E-state index contributed by atoms with van der Waals surface area (Å²) in [4.78, 5) is 0. The summed E-state index contributed by atoms with van der Waals surface area (Å²) in [7, 11) is 0. The minimum absolute atomic E-state index is 0.493. The van der Waals surface area contributed by atoms with Gasteiger partial charge in [0.05, 0.1) is 0 Å². The second-order valence-corrected chi connectivity index (χ2v) is 8.08. The smallest absolute Gasteiger partial charge is 0.00951 e. The van der Waals surface area contributed by atoms with Gasteiger partial charge in [0.25, 0.3) is 0 Å². The first kappa shape index (κ1) is 17.4. The van der Waals surface area contributed by atoms with Crippen LogP contribution in [0.25, 0.3) is 0 Å². The summed E-state index contributed by atoms with van der Waals surface area (Å²) >= 11 is 4.55. The summed E-state index contributed by atoms with van der Waals surface area (Å²) in [5.41, 5.74) is 0.988. The van der Waals surface area contributed by atoms with E-state index in [1.54, 1.807) is 0 Å². The normalized spacial score (nSPS) is 39.0. The molecule has 1 saturated carbocycles. The van der Waals surface area contributed by atoms with Crippen molar-refractivity contribution < 1.29 is 0 Å². The van der Waals surface area contributed by atoms with Crippen LogP contribution in [-0.2, 0) is 0 Å². The van der Waals surface area contributed by atoms with Gasteiger partial charge < -0.3 is 0 Å². The molecule has 0 N–H and O–H groups in total. The van der Waals surface area contributed by atoms with Crippen LogP contribution >= 0.6 is 12.6 Å². The maximum absolute atomic E-state index is 4.55. The zero-order valence-corrected chi connectivity index (χ0v) is 15.0. The fourth-order valence-corrected chi connectivity index (χ4v) is 5.43. The molecule has 1 fully saturated rings. The average Bonchev–Trinajstić information content (AvgIpc) is 2.35. The highest BCUT2D eigenvalue weighted by Gasteiger charge is 2.52. The molecule has 19 heavy (non-hydrogen) atoms.